The molecule has 0 saturated carbocycles. The summed E-state index contributed by atoms with van der Waals surface area (Å²) in [6.45, 7) is 1.78. The van der Waals surface area contributed by atoms with Crippen LogP contribution in [0.15, 0.2) is 12.1 Å². The summed E-state index contributed by atoms with van der Waals surface area (Å²) in [4.78, 5) is 27.9. The molecule has 0 fully saturated rings. The normalized spacial score (nSPS) is 13.4. The number of anilines is 1. The SMILES string of the molecule is COc1cc(NC(=O)c2[nH]c3c(c2C)C(=O)CCC3)c(OC)cc1Cl. The minimum Gasteiger partial charge on any atom is -0.495 e. The van der Waals surface area contributed by atoms with Crippen LogP contribution in [0.3, 0.4) is 0 Å². The van der Waals surface area contributed by atoms with Gasteiger partial charge in [0.1, 0.15) is 17.2 Å². The number of nitrogens with one attached hydrogen (secondary N) is 2. The number of ketones is 1. The Bertz CT molecular complexity index is 857. The molecule has 1 amide bonds. The second-order valence-corrected chi connectivity index (χ2v) is 6.30. The zero-order valence-electron chi connectivity index (χ0n) is 14.3. The maximum absolute atomic E-state index is 12.7. The summed E-state index contributed by atoms with van der Waals surface area (Å²) in [5.74, 6) is 0.585. The molecular weight excluding hydrogens is 344 g/mol. The molecule has 1 aliphatic carbocycles. The van der Waals surface area contributed by atoms with Crippen molar-refractivity contribution in [3.05, 3.63) is 39.7 Å². The molecular formula is C18H19ClN2O4. The molecule has 1 aromatic heterocycles. The van der Waals surface area contributed by atoms with Gasteiger partial charge in [-0.25, -0.2) is 0 Å². The van der Waals surface area contributed by atoms with E-state index >= 15 is 0 Å². The average molecular weight is 363 g/mol. The maximum atomic E-state index is 12.7. The monoisotopic (exact) mass is 362 g/mol. The maximum Gasteiger partial charge on any atom is 0.272 e. The van der Waals surface area contributed by atoms with Crippen molar-refractivity contribution in [2.45, 2.75) is 26.2 Å². The highest BCUT2D eigenvalue weighted by Gasteiger charge is 2.26. The van der Waals surface area contributed by atoms with Crippen LogP contribution in [0.5, 0.6) is 11.5 Å². The number of halogens is 1. The van der Waals surface area contributed by atoms with Crippen LogP contribution in [-0.4, -0.2) is 30.9 Å². The van der Waals surface area contributed by atoms with Crippen molar-refractivity contribution in [3.8, 4) is 11.5 Å². The molecule has 0 spiro atoms. The highest BCUT2D eigenvalue weighted by molar-refractivity contribution is 6.32. The first-order valence-electron chi connectivity index (χ1n) is 7.93. The van der Waals surface area contributed by atoms with Crippen LogP contribution in [0.4, 0.5) is 5.69 Å². The molecule has 7 heteroatoms. The Hall–Kier alpha value is -2.47. The number of hydrogen-bond donors (Lipinski definition) is 2. The molecule has 2 aromatic rings. The molecule has 0 bridgehead atoms. The van der Waals surface area contributed by atoms with Crippen molar-refractivity contribution in [2.24, 2.45) is 0 Å². The number of benzene rings is 1. The van der Waals surface area contributed by atoms with Crippen molar-refractivity contribution in [3.63, 3.8) is 0 Å². The summed E-state index contributed by atoms with van der Waals surface area (Å²) in [5, 5.41) is 3.18. The quantitative estimate of drug-likeness (QED) is 0.867. The number of fused-ring (bicyclic) bond motifs is 1. The minimum absolute atomic E-state index is 0.0831. The fraction of sp³-hybridized carbons (Fsp3) is 0.333. The van der Waals surface area contributed by atoms with Crippen LogP contribution in [0.25, 0.3) is 0 Å². The minimum atomic E-state index is -0.345. The van der Waals surface area contributed by atoms with Crippen molar-refractivity contribution < 1.29 is 19.1 Å². The van der Waals surface area contributed by atoms with Gasteiger partial charge in [0.05, 0.1) is 24.9 Å². The van der Waals surface area contributed by atoms with E-state index in [9.17, 15) is 9.59 Å². The van der Waals surface area contributed by atoms with Crippen LogP contribution >= 0.6 is 11.6 Å². The Morgan fingerprint density at radius 1 is 1.20 bits per heavy atom. The van der Waals surface area contributed by atoms with Gasteiger partial charge in [0.2, 0.25) is 0 Å². The van der Waals surface area contributed by atoms with Gasteiger partial charge >= 0.3 is 0 Å². The van der Waals surface area contributed by atoms with Gasteiger partial charge in [-0.05, 0) is 25.3 Å². The van der Waals surface area contributed by atoms with Gasteiger partial charge in [0.15, 0.2) is 5.78 Å². The summed E-state index contributed by atoms with van der Waals surface area (Å²) < 4.78 is 10.5. The van der Waals surface area contributed by atoms with E-state index in [-0.39, 0.29) is 11.7 Å². The van der Waals surface area contributed by atoms with Crippen LogP contribution < -0.4 is 14.8 Å². The number of rotatable bonds is 4. The van der Waals surface area contributed by atoms with Crippen LogP contribution in [0, 0.1) is 6.92 Å². The molecule has 0 radical (unpaired) electrons. The lowest BCUT2D eigenvalue weighted by Gasteiger charge is -2.13. The Balaban J connectivity index is 1.95. The lowest BCUT2D eigenvalue weighted by molar-refractivity contribution is 0.0971. The molecule has 2 N–H and O–H groups in total. The van der Waals surface area contributed by atoms with Gasteiger partial charge in [-0.2, -0.15) is 0 Å². The summed E-state index contributed by atoms with van der Waals surface area (Å²) in [7, 11) is 2.99. The van der Waals surface area contributed by atoms with Gasteiger partial charge in [0, 0.05) is 29.8 Å². The molecule has 6 nitrogen and oxygen atoms in total. The lowest BCUT2D eigenvalue weighted by Crippen LogP contribution is -2.14. The second kappa shape index (κ2) is 6.80. The Morgan fingerprint density at radius 2 is 1.92 bits per heavy atom. The number of hydrogen-bond acceptors (Lipinski definition) is 4. The van der Waals surface area contributed by atoms with Gasteiger partial charge in [-0.1, -0.05) is 11.6 Å². The molecule has 1 aliphatic rings. The molecule has 1 heterocycles. The number of carbonyl (C=O) groups excluding carboxylic acids is 2. The molecule has 0 aliphatic heterocycles. The molecule has 0 unspecified atom stereocenters. The van der Waals surface area contributed by atoms with E-state index in [1.807, 2.05) is 0 Å². The van der Waals surface area contributed by atoms with E-state index in [0.717, 1.165) is 18.5 Å². The molecule has 0 atom stereocenters. The fourth-order valence-electron chi connectivity index (χ4n) is 3.14. The van der Waals surface area contributed by atoms with E-state index in [4.69, 9.17) is 21.1 Å². The number of ether oxygens (including phenoxy) is 2. The predicted molar refractivity (Wildman–Crippen MR) is 95.3 cm³/mol. The number of aromatic amines is 1. The molecule has 1 aromatic carbocycles. The third kappa shape index (κ3) is 3.09. The zero-order chi connectivity index (χ0) is 18.1. The molecule has 3 rings (SSSR count). The van der Waals surface area contributed by atoms with Crippen molar-refractivity contribution in [1.82, 2.24) is 4.98 Å². The van der Waals surface area contributed by atoms with Crippen molar-refractivity contribution >= 4 is 29.0 Å². The molecule has 0 saturated heterocycles. The Kier molecular flexibility index (Phi) is 4.72. The van der Waals surface area contributed by atoms with Gasteiger partial charge in [-0.3, -0.25) is 9.59 Å². The number of amides is 1. The number of aromatic nitrogens is 1. The van der Waals surface area contributed by atoms with E-state index in [2.05, 4.69) is 10.3 Å². The number of methoxy groups -OCH3 is 2. The number of aryl methyl sites for hydroxylation is 1. The first kappa shape index (κ1) is 17.4. The highest BCUT2D eigenvalue weighted by Crippen LogP contribution is 2.36. The summed E-state index contributed by atoms with van der Waals surface area (Å²) in [6, 6.07) is 3.18. The van der Waals surface area contributed by atoms with E-state index in [1.165, 1.54) is 14.2 Å². The van der Waals surface area contributed by atoms with Crippen LogP contribution in [-0.2, 0) is 6.42 Å². The van der Waals surface area contributed by atoms with Crippen LogP contribution in [0.1, 0.15) is 44.9 Å². The third-order valence-electron chi connectivity index (χ3n) is 4.39. The topological polar surface area (TPSA) is 80.4 Å². The zero-order valence-corrected chi connectivity index (χ0v) is 15.0. The van der Waals surface area contributed by atoms with E-state index < -0.39 is 0 Å². The summed E-state index contributed by atoms with van der Waals surface area (Å²) >= 11 is 6.08. The Morgan fingerprint density at radius 3 is 2.56 bits per heavy atom. The van der Waals surface area contributed by atoms with Crippen molar-refractivity contribution in [1.29, 1.82) is 0 Å². The smallest absolute Gasteiger partial charge is 0.272 e. The fourth-order valence-corrected chi connectivity index (χ4v) is 3.37. The van der Waals surface area contributed by atoms with E-state index in [1.54, 1.807) is 19.1 Å². The van der Waals surface area contributed by atoms with E-state index in [0.29, 0.717) is 45.5 Å². The Labute approximate surface area is 150 Å². The van der Waals surface area contributed by atoms with Crippen LogP contribution in [0.2, 0.25) is 5.02 Å². The highest BCUT2D eigenvalue weighted by atomic mass is 35.5. The summed E-state index contributed by atoms with van der Waals surface area (Å²) in [5.41, 5.74) is 2.98. The largest absolute Gasteiger partial charge is 0.495 e. The van der Waals surface area contributed by atoms with Crippen molar-refractivity contribution in [2.75, 3.05) is 19.5 Å². The second-order valence-electron chi connectivity index (χ2n) is 5.90. The van der Waals surface area contributed by atoms with Gasteiger partial charge in [-0.15, -0.1) is 0 Å². The first-order valence-corrected chi connectivity index (χ1v) is 8.31. The third-order valence-corrected chi connectivity index (χ3v) is 4.68. The van der Waals surface area contributed by atoms with Gasteiger partial charge in [0.25, 0.3) is 5.91 Å². The number of Topliss-reactive ketones (excluding diaryl/α,β-unsaturated/α-hetero) is 1. The number of H-pyrrole nitrogens is 1. The standard InChI is InChI=1S/C18H19ClN2O4/c1-9-16-11(5-4-6-13(16)22)20-17(9)18(23)21-12-8-14(24-2)10(19)7-15(12)25-3/h7-8,20H,4-6H2,1-3H3,(H,21,23). The molecule has 25 heavy (non-hydrogen) atoms. The van der Waals surface area contributed by atoms with Gasteiger partial charge < -0.3 is 19.8 Å². The molecule has 132 valence electrons. The first-order chi connectivity index (χ1) is 12.0. The lowest BCUT2D eigenvalue weighted by atomic mass is 9.94. The average Bonchev–Trinajstić information content (AvgIpc) is 2.94. The summed E-state index contributed by atoms with van der Waals surface area (Å²) in [6.07, 6.45) is 2.09. The predicted octanol–water partition coefficient (Wildman–Crippen LogP) is 3.77. The number of carbonyl (C=O) groups is 2.